The molecule has 0 amide bonds. The Morgan fingerprint density at radius 3 is 0.990 bits per heavy atom. The van der Waals surface area contributed by atoms with Crippen molar-refractivity contribution in [2.24, 2.45) is 0 Å². The van der Waals surface area contributed by atoms with Crippen molar-refractivity contribution in [3.8, 4) is 189 Å². The van der Waals surface area contributed by atoms with Crippen molar-refractivity contribution in [2.45, 2.75) is 70.2 Å². The van der Waals surface area contributed by atoms with Crippen LogP contribution in [-0.4, -0.2) is 152 Å². The first-order valence-corrected chi connectivity index (χ1v) is 30.1. The monoisotopic (exact) mass is 1400 g/mol. The largest absolute Gasteiger partial charge is 0.453 e. The summed E-state index contributed by atoms with van der Waals surface area (Å²) < 4.78 is 62.5. The van der Waals surface area contributed by atoms with Crippen molar-refractivity contribution in [1.82, 2.24) is 0 Å². The number of hydrogen-bond donors (Lipinski definition) is 3. The zero-order valence-corrected chi connectivity index (χ0v) is 56.1. The summed E-state index contributed by atoms with van der Waals surface area (Å²) >= 11 is 0. The van der Waals surface area contributed by atoms with Crippen LogP contribution < -0.4 is 0 Å². The van der Waals surface area contributed by atoms with E-state index in [1.807, 2.05) is 121 Å². The molecule has 100 heavy (non-hydrogen) atoms. The quantitative estimate of drug-likeness (QED) is 0.0427. The number of carbonyl (C=O) groups excluding carboxylic acids is 2. The molecule has 0 radical (unpaired) electrons. The number of methoxy groups -OCH3 is 4. The Labute approximate surface area is 636 Å². The maximum absolute atomic E-state index is 11.6. The van der Waals surface area contributed by atoms with E-state index in [2.05, 4.69) is 189 Å². The molecule has 0 saturated carbocycles. The molecule has 4 aromatic carbocycles. The summed E-state index contributed by atoms with van der Waals surface area (Å²) in [5.74, 6) is 77.1. The first kappa shape index (κ1) is 84.3. The molecular weight excluding hydrogens is 1270 g/mol. The molecule has 0 spiro atoms. The third kappa shape index (κ3) is 46.4. The molecular formula is C83H136O17. The minimum atomic E-state index is -0.773. The average molecular weight is 1410 g/mol. The molecule has 2 aliphatic rings. The van der Waals surface area contributed by atoms with Gasteiger partial charge in [0.25, 0.3) is 0 Å². The lowest BCUT2D eigenvalue weighted by atomic mass is 10.2. The van der Waals surface area contributed by atoms with Crippen LogP contribution in [0.4, 0.5) is 0 Å². The summed E-state index contributed by atoms with van der Waals surface area (Å²) in [6, 6.07) is 39.3. The first-order valence-electron chi connectivity index (χ1n) is 30.1. The third-order valence-electron chi connectivity index (χ3n) is 11.5. The Morgan fingerprint density at radius 2 is 0.680 bits per heavy atom. The number of aliphatic hydroxyl groups excluding tert-OH is 3. The average Bonchev–Trinajstić information content (AvgIpc) is 0.874. The Balaban J connectivity index is -0.0000000325. The van der Waals surface area contributed by atoms with Crippen molar-refractivity contribution >= 4 is 11.9 Å². The molecule has 2 saturated heterocycles. The zero-order chi connectivity index (χ0) is 72.2. The van der Waals surface area contributed by atoms with Crippen LogP contribution in [0.3, 0.4) is 0 Å². The molecule has 570 valence electrons. The van der Waals surface area contributed by atoms with Crippen molar-refractivity contribution in [3.05, 3.63) is 144 Å². The molecule has 2 heterocycles. The Bertz CT molecular complexity index is 4270. The summed E-state index contributed by atoms with van der Waals surface area (Å²) in [4.78, 5) is 22.8. The molecule has 0 aromatic heterocycles. The standard InChI is InChI=1S/C29H18O4.C22H12O4.C11H14O3.C11H16O3.C10H12O3.32H2/c1-3-4-5-6-7-8-9-10-11-12-13-14-15-16-20-23-29(30)33-26-28(31-2)25-32-24-27-21-18-17-19-22-27;1-3-4-5-6-7-8-9-10-11-12-13-14-15-16-17-18-22(24)26-20-21(19-23)25-2;1-12-10-7-13-11(14-8-10)9-5-3-2-4-6-9;1-13-11(7-12)9-14-8-10-5-3-2-4-6-10;11-9-6-12-10(13-7-9)8-4-2-1-3-5-8;;;;;;;;;;;;;;;;;;;;;;;;;;;;;;;;/h17-19,21-22,28H,24-26H2,1-2H3;21,23H,19-20H2,1-2H3;2-6,10-11H,7-8H2,1H3;2-6,11-12H,7-9H2,1H3;1-5,9-11H,6-7H2;32*1H. The van der Waals surface area contributed by atoms with Crippen LogP contribution in [0.15, 0.2) is 121 Å². The van der Waals surface area contributed by atoms with E-state index in [1.165, 1.54) is 14.2 Å². The van der Waals surface area contributed by atoms with E-state index >= 15 is 0 Å². The van der Waals surface area contributed by atoms with Gasteiger partial charge in [0.1, 0.15) is 43.7 Å². The second-order valence-electron chi connectivity index (χ2n) is 18.7. The summed E-state index contributed by atoms with van der Waals surface area (Å²) in [6.45, 7) is 6.62. The van der Waals surface area contributed by atoms with Gasteiger partial charge in [-0.2, -0.15) is 0 Å². The van der Waals surface area contributed by atoms with Crippen LogP contribution in [0.5, 0.6) is 0 Å². The van der Waals surface area contributed by atoms with Gasteiger partial charge >= 0.3 is 11.9 Å². The molecule has 3 N–H and O–H groups in total. The van der Waals surface area contributed by atoms with E-state index in [4.69, 9.17) is 72.2 Å². The molecule has 2 aliphatic heterocycles. The van der Waals surface area contributed by atoms with Gasteiger partial charge in [-0.15, -0.1) is 0 Å². The topological polar surface area (TPSA) is 206 Å². The minimum Gasteiger partial charge on any atom is -0.453 e. The maximum atomic E-state index is 11.6. The number of carbonyl (C=O) groups is 2. The summed E-state index contributed by atoms with van der Waals surface area (Å²) in [6.07, 6.45) is -2.16. The van der Waals surface area contributed by atoms with Crippen molar-refractivity contribution in [2.75, 3.05) is 94.5 Å². The fraction of sp³-hybridized carbons (Fsp3) is 0.301. The molecule has 17 nitrogen and oxygen atoms in total. The second-order valence-corrected chi connectivity index (χ2v) is 18.7. The van der Waals surface area contributed by atoms with Gasteiger partial charge in [0, 0.05) is 97.1 Å². The fourth-order valence-corrected chi connectivity index (χ4v) is 6.51. The van der Waals surface area contributed by atoms with Gasteiger partial charge in [-0.25, -0.2) is 9.59 Å². The SMILES string of the molecule is CC#CC#CC#CC#CC#CC#CC#CC#CC(=O)OCC(CO)OC.CC#CC#CC#CC#CC#CC#CC#CC#CC(=O)OCC(COCc1ccccc1)OC.COC(CO)COCc1ccccc1.COC1COC(c2ccccc2)OC1.OC1COC(c2ccccc2)OC1.[HH].[HH].[HH].[HH].[HH].[HH].[HH].[HH].[HH].[HH].[HH].[HH].[HH].[HH].[HH].[HH].[HH].[HH].[HH].[HH].[HH].[HH].[HH].[HH].[HH].[HH].[HH].[HH].[HH].[HH].[HH].[HH]. The van der Waals surface area contributed by atoms with Crippen molar-refractivity contribution in [3.63, 3.8) is 0 Å². The number of benzene rings is 4. The van der Waals surface area contributed by atoms with E-state index in [0.717, 1.165) is 22.3 Å². The highest BCUT2D eigenvalue weighted by molar-refractivity contribution is 5.89. The van der Waals surface area contributed by atoms with E-state index in [9.17, 15) is 9.59 Å². The number of rotatable bonds is 20. The Hall–Kier alpha value is -11.7. The molecule has 3 atom stereocenters. The lowest BCUT2D eigenvalue weighted by Gasteiger charge is -2.28. The van der Waals surface area contributed by atoms with E-state index < -0.39 is 30.3 Å². The summed E-state index contributed by atoms with van der Waals surface area (Å²) in [5, 5.41) is 26.8. The highest BCUT2D eigenvalue weighted by atomic mass is 16.7. The predicted octanol–water partition coefficient (Wildman–Crippen LogP) is 13.3. The van der Waals surface area contributed by atoms with Crippen molar-refractivity contribution < 1.29 is 127 Å². The molecule has 17 heteroatoms. The summed E-state index contributed by atoms with van der Waals surface area (Å²) in [7, 11) is 6.14. The Kier molecular flexibility index (Phi) is 51.4. The molecule has 6 rings (SSSR count). The summed E-state index contributed by atoms with van der Waals surface area (Å²) in [5.41, 5.74) is 4.22. The van der Waals surface area contributed by atoms with Gasteiger partial charge in [-0.3, -0.25) is 0 Å². The predicted molar refractivity (Wildman–Crippen MR) is 443 cm³/mol. The second kappa shape index (κ2) is 60.9. The zero-order valence-electron chi connectivity index (χ0n) is 56.1. The van der Waals surface area contributed by atoms with Gasteiger partial charge < -0.3 is 72.2 Å². The molecule has 4 aromatic rings. The normalized spacial score (nSPS) is 14.0. The van der Waals surface area contributed by atoms with Crippen LogP contribution in [0.2, 0.25) is 0 Å². The highest BCUT2D eigenvalue weighted by Crippen LogP contribution is 2.24. The maximum Gasteiger partial charge on any atom is 0.385 e. The molecule has 0 bridgehead atoms. The van der Waals surface area contributed by atoms with E-state index in [-0.39, 0.29) is 103 Å². The lowest BCUT2D eigenvalue weighted by molar-refractivity contribution is -0.225. The van der Waals surface area contributed by atoms with Crippen LogP contribution in [0.25, 0.3) is 0 Å². The molecule has 2 fully saturated rings. The van der Waals surface area contributed by atoms with Crippen LogP contribution in [-0.2, 0) is 79.6 Å². The van der Waals surface area contributed by atoms with E-state index in [1.54, 1.807) is 28.1 Å². The smallest absolute Gasteiger partial charge is 0.385 e. The first-order chi connectivity index (χ1) is 49.1. The number of esters is 2. The number of hydrogen-bond acceptors (Lipinski definition) is 17. The number of ether oxygens (including phenoxy) is 12. The van der Waals surface area contributed by atoms with Gasteiger partial charge in [0.15, 0.2) is 12.6 Å². The third-order valence-corrected chi connectivity index (χ3v) is 11.5. The molecule has 0 aliphatic carbocycles. The minimum absolute atomic E-state index is 0. The van der Waals surface area contributed by atoms with Gasteiger partial charge in [-0.05, 0) is 191 Å². The lowest BCUT2D eigenvalue weighted by Crippen LogP contribution is -2.32. The Morgan fingerprint density at radius 1 is 0.400 bits per heavy atom. The van der Waals surface area contributed by atoms with Crippen LogP contribution >= 0.6 is 0 Å². The number of aliphatic hydroxyl groups is 3. The van der Waals surface area contributed by atoms with E-state index in [0.29, 0.717) is 46.2 Å². The molecule has 3 unspecified atom stereocenters. The van der Waals surface area contributed by atoms with Crippen molar-refractivity contribution in [1.29, 1.82) is 0 Å². The fourth-order valence-electron chi connectivity index (χ4n) is 6.51. The van der Waals surface area contributed by atoms with Crippen LogP contribution in [0, 0.1) is 189 Å². The van der Waals surface area contributed by atoms with Gasteiger partial charge in [0.05, 0.1) is 66.1 Å². The van der Waals surface area contributed by atoms with Gasteiger partial charge in [0.2, 0.25) is 0 Å². The van der Waals surface area contributed by atoms with Crippen LogP contribution in [0.1, 0.15) is 94.3 Å². The van der Waals surface area contributed by atoms with Gasteiger partial charge in [-0.1, -0.05) is 133 Å². The highest BCUT2D eigenvalue weighted by Gasteiger charge is 2.23.